The van der Waals surface area contributed by atoms with Crippen molar-refractivity contribution in [2.75, 3.05) is 5.32 Å². The normalized spacial score (nSPS) is 10.1. The lowest BCUT2D eigenvalue weighted by Crippen LogP contribution is -2.34. The Bertz CT molecular complexity index is 1010. The highest BCUT2D eigenvalue weighted by atomic mass is 35.5. The average molecular weight is 424 g/mol. The third kappa shape index (κ3) is 6.14. The second kappa shape index (κ2) is 9.82. The summed E-state index contributed by atoms with van der Waals surface area (Å²) in [6.07, 6.45) is 0. The number of thiocarbonyl (C=S) groups is 1. The van der Waals surface area contributed by atoms with Crippen molar-refractivity contribution in [3.63, 3.8) is 0 Å². The van der Waals surface area contributed by atoms with Crippen molar-refractivity contribution in [2.24, 2.45) is 0 Å². The van der Waals surface area contributed by atoms with E-state index in [-0.39, 0.29) is 16.9 Å². The van der Waals surface area contributed by atoms with E-state index in [1.165, 1.54) is 0 Å². The predicted molar refractivity (Wildman–Crippen MR) is 119 cm³/mol. The van der Waals surface area contributed by atoms with Crippen LogP contribution >= 0.6 is 23.8 Å². The van der Waals surface area contributed by atoms with Crippen molar-refractivity contribution in [1.29, 1.82) is 0 Å². The van der Waals surface area contributed by atoms with Crippen molar-refractivity contribution in [2.45, 2.75) is 6.54 Å². The molecule has 0 atom stereocenters. The van der Waals surface area contributed by atoms with Crippen LogP contribution in [-0.2, 0) is 6.54 Å². The van der Waals surface area contributed by atoms with Gasteiger partial charge in [0, 0.05) is 28.4 Å². The maximum atomic E-state index is 12.3. The third-order valence-electron chi connectivity index (χ3n) is 4.03. The molecule has 0 aromatic heterocycles. The van der Waals surface area contributed by atoms with Crippen LogP contribution < -0.4 is 16.0 Å². The topological polar surface area (TPSA) is 70.2 Å². The molecule has 3 aromatic rings. The molecule has 0 spiro atoms. The van der Waals surface area contributed by atoms with Gasteiger partial charge in [-0.05, 0) is 66.3 Å². The van der Waals surface area contributed by atoms with Crippen LogP contribution in [0.5, 0.6) is 0 Å². The number of hydrogen-bond acceptors (Lipinski definition) is 3. The van der Waals surface area contributed by atoms with E-state index >= 15 is 0 Å². The summed E-state index contributed by atoms with van der Waals surface area (Å²) in [6.45, 7) is 0.459. The van der Waals surface area contributed by atoms with Gasteiger partial charge in [0.05, 0.1) is 0 Å². The molecule has 0 heterocycles. The zero-order valence-electron chi connectivity index (χ0n) is 15.3. The van der Waals surface area contributed by atoms with Gasteiger partial charge in [0.1, 0.15) is 0 Å². The SMILES string of the molecule is O=C(NCc1ccccc1)c1ccc(NC(=S)NC(=O)c2ccc(Cl)cc2)cc1. The molecule has 0 unspecified atom stereocenters. The van der Waals surface area contributed by atoms with Crippen LogP contribution in [0.3, 0.4) is 0 Å². The standard InChI is InChI=1S/C22H18ClN3O2S/c23-18-10-6-17(7-11-18)21(28)26-22(29)25-19-12-8-16(9-13-19)20(27)24-14-15-4-2-1-3-5-15/h1-13H,14H2,(H,24,27)(H2,25,26,28,29). The number of hydrogen-bond donors (Lipinski definition) is 3. The van der Waals surface area contributed by atoms with Gasteiger partial charge in [-0.15, -0.1) is 0 Å². The molecule has 29 heavy (non-hydrogen) atoms. The Labute approximate surface area is 179 Å². The largest absolute Gasteiger partial charge is 0.348 e. The molecule has 0 saturated heterocycles. The van der Waals surface area contributed by atoms with Gasteiger partial charge < -0.3 is 10.6 Å². The Hall–Kier alpha value is -3.22. The summed E-state index contributed by atoms with van der Waals surface area (Å²) in [5.41, 5.74) is 2.67. The Morgan fingerprint density at radius 2 is 1.38 bits per heavy atom. The number of carbonyl (C=O) groups is 2. The summed E-state index contributed by atoms with van der Waals surface area (Å²) in [5, 5.41) is 9.10. The first kappa shape index (κ1) is 20.5. The first-order valence-corrected chi connectivity index (χ1v) is 9.60. The number of amides is 2. The van der Waals surface area contributed by atoms with Crippen LogP contribution in [-0.4, -0.2) is 16.9 Å². The molecule has 0 saturated carbocycles. The molecule has 0 radical (unpaired) electrons. The van der Waals surface area contributed by atoms with Gasteiger partial charge in [-0.3, -0.25) is 14.9 Å². The van der Waals surface area contributed by atoms with Crippen LogP contribution in [0.2, 0.25) is 5.02 Å². The fourth-order valence-electron chi connectivity index (χ4n) is 2.52. The summed E-state index contributed by atoms with van der Waals surface area (Å²) < 4.78 is 0. The summed E-state index contributed by atoms with van der Waals surface area (Å²) >= 11 is 11.0. The number of halogens is 1. The van der Waals surface area contributed by atoms with Crippen molar-refractivity contribution >= 4 is 46.4 Å². The maximum absolute atomic E-state index is 12.3. The smallest absolute Gasteiger partial charge is 0.257 e. The van der Waals surface area contributed by atoms with E-state index in [1.54, 1.807) is 48.5 Å². The Morgan fingerprint density at radius 1 is 0.793 bits per heavy atom. The van der Waals surface area contributed by atoms with Crippen molar-refractivity contribution in [3.05, 3.63) is 101 Å². The molecular formula is C22H18ClN3O2S. The minimum Gasteiger partial charge on any atom is -0.348 e. The molecule has 0 aliphatic carbocycles. The summed E-state index contributed by atoms with van der Waals surface area (Å²) in [6, 6.07) is 23.0. The molecule has 0 fully saturated rings. The quantitative estimate of drug-likeness (QED) is 0.532. The maximum Gasteiger partial charge on any atom is 0.257 e. The lowest BCUT2D eigenvalue weighted by Gasteiger charge is -2.10. The van der Waals surface area contributed by atoms with E-state index < -0.39 is 0 Å². The second-order valence-electron chi connectivity index (χ2n) is 6.16. The first-order chi connectivity index (χ1) is 14.0. The molecule has 3 N–H and O–H groups in total. The number of carbonyl (C=O) groups excluding carboxylic acids is 2. The van der Waals surface area contributed by atoms with Gasteiger partial charge in [0.25, 0.3) is 11.8 Å². The van der Waals surface area contributed by atoms with Crippen LogP contribution in [0.25, 0.3) is 0 Å². The lowest BCUT2D eigenvalue weighted by molar-refractivity contribution is 0.0948. The first-order valence-electron chi connectivity index (χ1n) is 8.81. The van der Waals surface area contributed by atoms with Gasteiger partial charge in [-0.1, -0.05) is 41.9 Å². The van der Waals surface area contributed by atoms with E-state index in [0.29, 0.717) is 28.4 Å². The second-order valence-corrected chi connectivity index (χ2v) is 7.01. The van der Waals surface area contributed by atoms with E-state index in [4.69, 9.17) is 23.8 Å². The van der Waals surface area contributed by atoms with Crippen LogP contribution in [0.15, 0.2) is 78.9 Å². The summed E-state index contributed by atoms with van der Waals surface area (Å²) in [5.74, 6) is -0.505. The Kier molecular flexibility index (Phi) is 6.94. The van der Waals surface area contributed by atoms with E-state index in [9.17, 15) is 9.59 Å². The highest BCUT2D eigenvalue weighted by Gasteiger charge is 2.09. The highest BCUT2D eigenvalue weighted by Crippen LogP contribution is 2.11. The molecule has 0 aliphatic rings. The lowest BCUT2D eigenvalue weighted by atomic mass is 10.2. The van der Waals surface area contributed by atoms with Gasteiger partial charge in [0.15, 0.2) is 5.11 Å². The van der Waals surface area contributed by atoms with Crippen molar-refractivity contribution in [1.82, 2.24) is 10.6 Å². The minimum absolute atomic E-state index is 0.159. The van der Waals surface area contributed by atoms with E-state index in [2.05, 4.69) is 16.0 Å². The molecule has 3 aromatic carbocycles. The number of nitrogens with one attached hydrogen (secondary N) is 3. The highest BCUT2D eigenvalue weighted by molar-refractivity contribution is 7.80. The fraction of sp³-hybridized carbons (Fsp3) is 0.0455. The Morgan fingerprint density at radius 3 is 2.03 bits per heavy atom. The zero-order valence-corrected chi connectivity index (χ0v) is 16.9. The number of rotatable bonds is 5. The molecule has 2 amide bonds. The average Bonchev–Trinajstić information content (AvgIpc) is 2.73. The van der Waals surface area contributed by atoms with Crippen LogP contribution in [0.4, 0.5) is 5.69 Å². The van der Waals surface area contributed by atoms with E-state index in [1.807, 2.05) is 30.3 Å². The van der Waals surface area contributed by atoms with Crippen LogP contribution in [0.1, 0.15) is 26.3 Å². The van der Waals surface area contributed by atoms with Crippen LogP contribution in [0, 0.1) is 0 Å². The van der Waals surface area contributed by atoms with Crippen molar-refractivity contribution < 1.29 is 9.59 Å². The summed E-state index contributed by atoms with van der Waals surface area (Å²) in [4.78, 5) is 24.4. The molecule has 7 heteroatoms. The molecule has 3 rings (SSSR count). The molecular weight excluding hydrogens is 406 g/mol. The molecule has 5 nitrogen and oxygen atoms in total. The van der Waals surface area contributed by atoms with Gasteiger partial charge in [-0.25, -0.2) is 0 Å². The zero-order chi connectivity index (χ0) is 20.6. The van der Waals surface area contributed by atoms with Gasteiger partial charge in [0.2, 0.25) is 0 Å². The number of benzene rings is 3. The Balaban J connectivity index is 1.51. The fourth-order valence-corrected chi connectivity index (χ4v) is 2.86. The minimum atomic E-state index is -0.337. The summed E-state index contributed by atoms with van der Waals surface area (Å²) in [7, 11) is 0. The van der Waals surface area contributed by atoms with Gasteiger partial charge >= 0.3 is 0 Å². The van der Waals surface area contributed by atoms with E-state index in [0.717, 1.165) is 5.56 Å². The predicted octanol–water partition coefficient (Wildman–Crippen LogP) is 4.40. The monoisotopic (exact) mass is 423 g/mol. The van der Waals surface area contributed by atoms with Gasteiger partial charge in [-0.2, -0.15) is 0 Å². The molecule has 0 bridgehead atoms. The molecule has 0 aliphatic heterocycles. The van der Waals surface area contributed by atoms with Crippen molar-refractivity contribution in [3.8, 4) is 0 Å². The number of anilines is 1. The molecule has 146 valence electrons. The third-order valence-corrected chi connectivity index (χ3v) is 4.49.